The molecule has 1 heterocycles. The van der Waals surface area contributed by atoms with Crippen LogP contribution in [0.3, 0.4) is 0 Å². The quantitative estimate of drug-likeness (QED) is 0.261. The van der Waals surface area contributed by atoms with Crippen LogP contribution in [0.4, 0.5) is 0 Å². The van der Waals surface area contributed by atoms with Crippen LogP contribution in [0, 0.1) is 0 Å². The minimum Gasteiger partial charge on any atom is -0.508 e. The molecule has 2 unspecified atom stereocenters. The van der Waals surface area contributed by atoms with E-state index >= 15 is 0 Å². The number of phenolic OH excluding ortho intramolecular Hbond substituents is 1. The van der Waals surface area contributed by atoms with E-state index in [1.165, 1.54) is 0 Å². The summed E-state index contributed by atoms with van der Waals surface area (Å²) < 4.78 is 28.4. The molecule has 2 atom stereocenters. The van der Waals surface area contributed by atoms with Gasteiger partial charge < -0.3 is 28.8 Å². The molecule has 0 amide bonds. The van der Waals surface area contributed by atoms with Gasteiger partial charge in [0.2, 0.25) is 0 Å². The molecule has 4 aromatic carbocycles. The van der Waals surface area contributed by atoms with Crippen LogP contribution in [-0.4, -0.2) is 33.5 Å². The first-order valence-corrected chi connectivity index (χ1v) is 12.2. The predicted octanol–water partition coefficient (Wildman–Crippen LogP) is 6.86. The molecule has 38 heavy (non-hydrogen) atoms. The Balaban J connectivity index is 1.57. The third kappa shape index (κ3) is 5.11. The molecule has 194 valence electrons. The number of methoxy groups -OCH3 is 4. The van der Waals surface area contributed by atoms with Gasteiger partial charge in [0, 0.05) is 17.7 Å². The highest BCUT2D eigenvalue weighted by atomic mass is 16.5. The molecule has 5 rings (SSSR count). The molecule has 0 radical (unpaired) electrons. The fourth-order valence-electron chi connectivity index (χ4n) is 4.79. The Morgan fingerprint density at radius 1 is 0.605 bits per heavy atom. The SMILES string of the molecule is COc1cc(/C=C/c2ccc3c(c2)C(c2cc(OC)cc(OC)c2)C(c2ccc(O)cc2)O3)cc(OC)c1. The topological polar surface area (TPSA) is 66.4 Å². The summed E-state index contributed by atoms with van der Waals surface area (Å²) >= 11 is 0. The second kappa shape index (κ2) is 10.8. The van der Waals surface area contributed by atoms with Crippen molar-refractivity contribution in [2.24, 2.45) is 0 Å². The first-order chi connectivity index (χ1) is 18.5. The third-order valence-corrected chi connectivity index (χ3v) is 6.72. The number of aromatic hydroxyl groups is 1. The fourth-order valence-corrected chi connectivity index (χ4v) is 4.79. The van der Waals surface area contributed by atoms with Crippen molar-refractivity contribution in [3.05, 3.63) is 107 Å². The first kappa shape index (κ1) is 25.1. The number of hydrogen-bond acceptors (Lipinski definition) is 6. The standard InChI is InChI=1S/C32H30O6/c1-34-25-13-21(14-26(18-25)35-2)6-5-20-7-12-30-29(15-20)31(23-16-27(36-3)19-28(17-23)37-4)32(38-30)22-8-10-24(33)11-9-22/h5-19,31-33H,1-4H3/b6-5+. The summed E-state index contributed by atoms with van der Waals surface area (Å²) in [6.45, 7) is 0. The van der Waals surface area contributed by atoms with Gasteiger partial charge in [-0.2, -0.15) is 0 Å². The lowest BCUT2D eigenvalue weighted by Gasteiger charge is -2.21. The molecule has 0 spiro atoms. The molecular formula is C32H30O6. The normalized spacial score (nSPS) is 16.1. The van der Waals surface area contributed by atoms with Gasteiger partial charge in [0.15, 0.2) is 0 Å². The predicted molar refractivity (Wildman–Crippen MR) is 148 cm³/mol. The number of rotatable bonds is 8. The lowest BCUT2D eigenvalue weighted by Crippen LogP contribution is -2.11. The summed E-state index contributed by atoms with van der Waals surface area (Å²) in [5.41, 5.74) is 5.03. The average molecular weight is 511 g/mol. The van der Waals surface area contributed by atoms with E-state index in [0.717, 1.165) is 45.1 Å². The summed E-state index contributed by atoms with van der Waals surface area (Å²) in [5.74, 6) is 3.79. The maximum absolute atomic E-state index is 9.85. The van der Waals surface area contributed by atoms with E-state index in [0.29, 0.717) is 11.5 Å². The number of ether oxygens (including phenoxy) is 5. The lowest BCUT2D eigenvalue weighted by atomic mass is 9.84. The van der Waals surface area contributed by atoms with Crippen LogP contribution >= 0.6 is 0 Å². The molecule has 0 fully saturated rings. The highest BCUT2D eigenvalue weighted by molar-refractivity contribution is 5.72. The van der Waals surface area contributed by atoms with Crippen molar-refractivity contribution in [1.29, 1.82) is 0 Å². The van der Waals surface area contributed by atoms with Crippen LogP contribution in [-0.2, 0) is 0 Å². The van der Waals surface area contributed by atoms with E-state index in [-0.39, 0.29) is 17.8 Å². The van der Waals surface area contributed by atoms with Crippen LogP contribution in [0.2, 0.25) is 0 Å². The highest BCUT2D eigenvalue weighted by Gasteiger charge is 2.37. The first-order valence-electron chi connectivity index (χ1n) is 12.2. The summed E-state index contributed by atoms with van der Waals surface area (Å²) in [4.78, 5) is 0. The van der Waals surface area contributed by atoms with Crippen LogP contribution in [0.15, 0.2) is 78.9 Å². The Bertz CT molecular complexity index is 1410. The van der Waals surface area contributed by atoms with Gasteiger partial charge in [0.05, 0.1) is 34.4 Å². The minimum absolute atomic E-state index is 0.121. The second-order valence-electron chi connectivity index (χ2n) is 9.03. The smallest absolute Gasteiger partial charge is 0.135 e. The van der Waals surface area contributed by atoms with Crippen LogP contribution in [0.5, 0.6) is 34.5 Å². The van der Waals surface area contributed by atoms with Gasteiger partial charge in [-0.05, 0) is 70.8 Å². The Hall–Kier alpha value is -4.58. The molecule has 6 nitrogen and oxygen atoms in total. The van der Waals surface area contributed by atoms with Crippen molar-refractivity contribution < 1.29 is 28.8 Å². The molecule has 1 aliphatic heterocycles. The minimum atomic E-state index is -0.288. The number of benzene rings is 4. The molecule has 0 bridgehead atoms. The van der Waals surface area contributed by atoms with Crippen molar-refractivity contribution in [1.82, 2.24) is 0 Å². The summed E-state index contributed by atoms with van der Waals surface area (Å²) in [7, 11) is 6.57. The summed E-state index contributed by atoms with van der Waals surface area (Å²) in [6.07, 6.45) is 3.80. The molecule has 4 aromatic rings. The Morgan fingerprint density at radius 2 is 1.16 bits per heavy atom. The molecule has 0 saturated carbocycles. The van der Waals surface area contributed by atoms with Crippen molar-refractivity contribution >= 4 is 12.2 Å². The van der Waals surface area contributed by atoms with E-state index < -0.39 is 0 Å². The van der Waals surface area contributed by atoms with E-state index in [4.69, 9.17) is 23.7 Å². The maximum atomic E-state index is 9.85. The second-order valence-corrected chi connectivity index (χ2v) is 9.03. The third-order valence-electron chi connectivity index (χ3n) is 6.72. The zero-order chi connectivity index (χ0) is 26.6. The van der Waals surface area contributed by atoms with Crippen LogP contribution in [0.25, 0.3) is 12.2 Å². The van der Waals surface area contributed by atoms with E-state index in [9.17, 15) is 5.11 Å². The average Bonchev–Trinajstić information content (AvgIpc) is 3.34. The van der Waals surface area contributed by atoms with Gasteiger partial charge in [-0.3, -0.25) is 0 Å². The Labute approximate surface area is 222 Å². The summed E-state index contributed by atoms with van der Waals surface area (Å²) in [6, 6.07) is 25.0. The maximum Gasteiger partial charge on any atom is 0.135 e. The molecule has 0 aliphatic carbocycles. The zero-order valence-electron chi connectivity index (χ0n) is 21.8. The molecule has 0 saturated heterocycles. The number of hydrogen-bond donors (Lipinski definition) is 1. The van der Waals surface area contributed by atoms with Crippen molar-refractivity contribution in [3.63, 3.8) is 0 Å². The molecule has 1 N–H and O–H groups in total. The zero-order valence-corrected chi connectivity index (χ0v) is 21.8. The number of fused-ring (bicyclic) bond motifs is 1. The van der Waals surface area contributed by atoms with Gasteiger partial charge >= 0.3 is 0 Å². The molecule has 6 heteroatoms. The van der Waals surface area contributed by atoms with Crippen molar-refractivity contribution in [2.75, 3.05) is 28.4 Å². The lowest BCUT2D eigenvalue weighted by molar-refractivity contribution is 0.222. The van der Waals surface area contributed by atoms with Gasteiger partial charge in [-0.1, -0.05) is 30.4 Å². The van der Waals surface area contributed by atoms with E-state index in [1.54, 1.807) is 40.6 Å². The van der Waals surface area contributed by atoms with E-state index in [1.807, 2.05) is 66.7 Å². The van der Waals surface area contributed by atoms with Gasteiger partial charge in [-0.15, -0.1) is 0 Å². The fraction of sp³-hybridized carbons (Fsp3) is 0.188. The summed E-state index contributed by atoms with van der Waals surface area (Å²) in [5, 5.41) is 9.85. The molecule has 1 aliphatic rings. The van der Waals surface area contributed by atoms with Crippen molar-refractivity contribution in [3.8, 4) is 34.5 Å². The largest absolute Gasteiger partial charge is 0.508 e. The Morgan fingerprint density at radius 3 is 1.74 bits per heavy atom. The molecular weight excluding hydrogens is 480 g/mol. The van der Waals surface area contributed by atoms with Crippen LogP contribution < -0.4 is 23.7 Å². The van der Waals surface area contributed by atoms with Gasteiger partial charge in [-0.25, -0.2) is 0 Å². The van der Waals surface area contributed by atoms with Gasteiger partial charge in [0.1, 0.15) is 40.6 Å². The van der Waals surface area contributed by atoms with Crippen LogP contribution in [0.1, 0.15) is 39.8 Å². The monoisotopic (exact) mass is 510 g/mol. The molecule has 0 aromatic heterocycles. The van der Waals surface area contributed by atoms with E-state index in [2.05, 4.69) is 12.1 Å². The number of phenols is 1. The van der Waals surface area contributed by atoms with Crippen molar-refractivity contribution in [2.45, 2.75) is 12.0 Å². The van der Waals surface area contributed by atoms with Gasteiger partial charge in [0.25, 0.3) is 0 Å². The highest BCUT2D eigenvalue weighted by Crippen LogP contribution is 2.51. The Kier molecular flexibility index (Phi) is 7.13.